The van der Waals surface area contributed by atoms with Crippen LogP contribution in [0.4, 0.5) is 11.4 Å². The quantitative estimate of drug-likeness (QED) is 0.0371. The normalized spacial score (nSPS) is 21.6. The molecule has 3 fully saturated rings. The number of carbonyl (C=O) groups excluding carboxylic acids is 5. The number of carbonyl (C=O) groups is 5. The number of benzene rings is 4. The summed E-state index contributed by atoms with van der Waals surface area (Å²) < 4.78 is 18.7. The molecule has 4 aromatic rings. The van der Waals surface area contributed by atoms with Gasteiger partial charge in [-0.25, -0.2) is 0 Å². The summed E-state index contributed by atoms with van der Waals surface area (Å²) in [6.07, 6.45) is 12.8. The molecule has 1 aliphatic carbocycles. The maximum absolute atomic E-state index is 13.7. The van der Waals surface area contributed by atoms with Gasteiger partial charge in [0.25, 0.3) is 23.4 Å². The summed E-state index contributed by atoms with van der Waals surface area (Å²) in [5.74, 6) is -0.904. The van der Waals surface area contributed by atoms with Gasteiger partial charge in [0, 0.05) is 55.6 Å². The Bertz CT molecular complexity index is 2580. The number of para-hydroxylation sites is 1. The number of ether oxygens (including phenoxy) is 3. The number of piperidine rings is 2. The highest BCUT2D eigenvalue weighted by molar-refractivity contribution is 6.32. The van der Waals surface area contributed by atoms with Crippen LogP contribution in [-0.2, 0) is 25.7 Å². The zero-order valence-electron chi connectivity index (χ0n) is 36.5. The molecule has 9 rings (SSSR count). The molecular weight excluding hydrogens is 843 g/mol. The fraction of sp³-hybridized carbons (Fsp3) is 0.353. The number of nitro benzene ring substituents is 1. The number of rotatable bonds is 17. The number of nitrogens with one attached hydrogen (secondary N) is 1. The zero-order chi connectivity index (χ0) is 45.7. The van der Waals surface area contributed by atoms with Crippen LogP contribution in [0, 0.1) is 10.1 Å². The van der Waals surface area contributed by atoms with Crippen LogP contribution in [0.1, 0.15) is 95.2 Å². The number of allylic oxidation sites excluding steroid dienone is 2. The van der Waals surface area contributed by atoms with Crippen LogP contribution in [0.2, 0.25) is 0 Å². The molecule has 4 heterocycles. The summed E-state index contributed by atoms with van der Waals surface area (Å²) in [7, 11) is 0. The third-order valence-corrected chi connectivity index (χ3v) is 13.0. The molecule has 15 nitrogen and oxygen atoms in total. The lowest BCUT2D eigenvalue weighted by atomic mass is 9.91. The van der Waals surface area contributed by atoms with Crippen molar-refractivity contribution in [1.82, 2.24) is 15.1 Å². The molecule has 0 aromatic heterocycles. The lowest BCUT2D eigenvalue weighted by molar-refractivity contribution is -0.384. The molecule has 66 heavy (non-hydrogen) atoms. The highest BCUT2D eigenvalue weighted by Gasteiger charge is 2.45. The second-order valence-corrected chi connectivity index (χ2v) is 17.4. The molecule has 1 N–H and O–H groups in total. The first kappa shape index (κ1) is 44.2. The smallest absolute Gasteiger partial charge is 0.269 e. The summed E-state index contributed by atoms with van der Waals surface area (Å²) in [5, 5.41) is 13.2. The van der Waals surface area contributed by atoms with E-state index < -0.39 is 34.6 Å². The van der Waals surface area contributed by atoms with Gasteiger partial charge in [-0.05, 0) is 111 Å². The molecule has 15 heteroatoms. The Morgan fingerprint density at radius 2 is 1.48 bits per heavy atom. The van der Waals surface area contributed by atoms with Gasteiger partial charge in [0.2, 0.25) is 11.8 Å². The summed E-state index contributed by atoms with van der Waals surface area (Å²) >= 11 is 0. The van der Waals surface area contributed by atoms with Crippen molar-refractivity contribution < 1.29 is 43.1 Å². The molecule has 5 amide bonds. The third kappa shape index (κ3) is 9.82. The van der Waals surface area contributed by atoms with Crippen molar-refractivity contribution in [2.24, 2.45) is 0 Å². The Balaban J connectivity index is 0.647. The van der Waals surface area contributed by atoms with Crippen molar-refractivity contribution >= 4 is 52.6 Å². The van der Waals surface area contributed by atoms with Crippen LogP contribution in [0.3, 0.4) is 0 Å². The van der Waals surface area contributed by atoms with E-state index in [4.69, 9.17) is 14.2 Å². The highest BCUT2D eigenvalue weighted by atomic mass is 16.6. The number of amides is 5. The van der Waals surface area contributed by atoms with E-state index in [1.807, 2.05) is 54.6 Å². The fourth-order valence-electron chi connectivity index (χ4n) is 9.25. The highest BCUT2D eigenvalue weighted by Crippen LogP contribution is 2.38. The molecule has 5 aliphatic rings. The third-order valence-electron chi connectivity index (χ3n) is 13.0. The van der Waals surface area contributed by atoms with Gasteiger partial charge >= 0.3 is 0 Å². The maximum atomic E-state index is 13.7. The Labute approximate surface area is 382 Å². The van der Waals surface area contributed by atoms with Crippen molar-refractivity contribution in [1.29, 1.82) is 0 Å². The topological polar surface area (TPSA) is 178 Å². The summed E-state index contributed by atoms with van der Waals surface area (Å²) in [6.45, 7) is 3.92. The number of non-ortho nitro benzene ring substituents is 1. The second-order valence-electron chi connectivity index (χ2n) is 17.4. The van der Waals surface area contributed by atoms with E-state index in [-0.39, 0.29) is 53.9 Å². The van der Waals surface area contributed by atoms with Gasteiger partial charge in [0.15, 0.2) is 0 Å². The van der Waals surface area contributed by atoms with E-state index in [1.165, 1.54) is 12.1 Å². The Morgan fingerprint density at radius 1 is 0.742 bits per heavy atom. The van der Waals surface area contributed by atoms with Crippen LogP contribution in [0.5, 0.6) is 11.5 Å². The average molecular weight is 894 g/mol. The first-order chi connectivity index (χ1) is 32.1. The fourth-order valence-corrected chi connectivity index (χ4v) is 9.25. The van der Waals surface area contributed by atoms with Gasteiger partial charge in [-0.3, -0.25) is 44.3 Å². The lowest BCUT2D eigenvalue weighted by Crippen LogP contribution is -2.54. The van der Waals surface area contributed by atoms with Crippen LogP contribution in [0.25, 0.3) is 11.6 Å². The molecule has 0 radical (unpaired) electrons. The molecule has 340 valence electrons. The number of nitro groups is 1. The molecule has 1 saturated carbocycles. The molecule has 1 atom stereocenters. The number of anilines is 1. The Hall–Kier alpha value is -6.97. The SMILES string of the molecule is O=C1CCC(N2C(=O)c3ccc(OCCCCCN4CCC(OC5CC(Oc6ccc(CN7C(=O)/C(=C\C=C\c8ccc([N+](=O)[O-])cc8)c8ccccc87)cc6)C5)CC4)cc3C2=O)C(=O)N1. The number of hydrogen-bond donors (Lipinski definition) is 1. The molecule has 4 aromatic carbocycles. The molecule has 0 spiro atoms. The van der Waals surface area contributed by atoms with E-state index in [0.29, 0.717) is 24.5 Å². The molecule has 0 bridgehead atoms. The predicted octanol–water partition coefficient (Wildman–Crippen LogP) is 7.28. The first-order valence-corrected chi connectivity index (χ1v) is 22.7. The molecular formula is C51H51N5O10. The average Bonchev–Trinajstić information content (AvgIpc) is 3.71. The minimum atomic E-state index is -0.994. The molecule has 4 aliphatic heterocycles. The Kier molecular flexibility index (Phi) is 13.2. The number of hydrogen-bond acceptors (Lipinski definition) is 11. The number of nitrogens with zero attached hydrogens (tertiary/aromatic N) is 4. The lowest BCUT2D eigenvalue weighted by Gasteiger charge is -2.40. The summed E-state index contributed by atoms with van der Waals surface area (Å²) in [5.41, 5.74) is 4.56. The number of unbranched alkanes of at least 4 members (excludes halogenated alkanes) is 2. The van der Waals surface area contributed by atoms with Crippen LogP contribution >= 0.6 is 0 Å². The van der Waals surface area contributed by atoms with Crippen molar-refractivity contribution in [3.05, 3.63) is 141 Å². The molecule has 1 unspecified atom stereocenters. The monoisotopic (exact) mass is 893 g/mol. The van der Waals surface area contributed by atoms with E-state index >= 15 is 0 Å². The van der Waals surface area contributed by atoms with Gasteiger partial charge in [0.1, 0.15) is 23.6 Å². The van der Waals surface area contributed by atoms with Crippen molar-refractivity contribution in [2.45, 2.75) is 88.7 Å². The van der Waals surface area contributed by atoms with Crippen molar-refractivity contribution in [3.63, 3.8) is 0 Å². The van der Waals surface area contributed by atoms with E-state index in [1.54, 1.807) is 47.4 Å². The molecule has 2 saturated heterocycles. The van der Waals surface area contributed by atoms with Gasteiger partial charge in [-0.2, -0.15) is 0 Å². The number of fused-ring (bicyclic) bond motifs is 2. The van der Waals surface area contributed by atoms with Gasteiger partial charge in [0.05, 0.1) is 47.1 Å². The number of likely N-dealkylation sites (tertiary alicyclic amines) is 1. The largest absolute Gasteiger partial charge is 0.494 e. The van der Waals surface area contributed by atoms with Gasteiger partial charge < -0.3 is 24.0 Å². The number of imide groups is 2. The first-order valence-electron chi connectivity index (χ1n) is 22.7. The Morgan fingerprint density at radius 3 is 2.24 bits per heavy atom. The van der Waals surface area contributed by atoms with Gasteiger partial charge in [-0.1, -0.05) is 42.5 Å². The van der Waals surface area contributed by atoms with Gasteiger partial charge in [-0.15, -0.1) is 0 Å². The van der Waals surface area contributed by atoms with Crippen LogP contribution < -0.4 is 19.7 Å². The van der Waals surface area contributed by atoms with Crippen molar-refractivity contribution in [3.8, 4) is 11.5 Å². The van der Waals surface area contributed by atoms with Crippen molar-refractivity contribution in [2.75, 3.05) is 31.1 Å². The zero-order valence-corrected chi connectivity index (χ0v) is 36.5. The van der Waals surface area contributed by atoms with E-state index in [9.17, 15) is 34.1 Å². The minimum Gasteiger partial charge on any atom is -0.494 e. The van der Waals surface area contributed by atoms with Crippen LogP contribution in [0.15, 0.2) is 103 Å². The standard InChI is InChI=1S/C51H51N5O10/c57-47-22-21-46(48(58)52-47)55-50(60)43-20-19-38(31-44(43)51(55)61)64-28-5-1-4-25-53-26-23-37(24-27-53)66-40-29-39(30-40)65-36-17-13-34(14-18-36)32-54-45-10-3-2-8-41(45)42(49(54)59)9-6-7-33-11-15-35(16-12-33)56(62)63/h2-3,6-20,31,37,39-40,46H,1,4-5,21-30,32H2,(H,52,57,58)/b7-6+,42-9-. The minimum absolute atomic E-state index is 0.0294. The maximum Gasteiger partial charge on any atom is 0.269 e. The second kappa shape index (κ2) is 19.6. The van der Waals surface area contributed by atoms with E-state index in [0.717, 1.165) is 97.6 Å². The van der Waals surface area contributed by atoms with E-state index in [2.05, 4.69) is 10.2 Å². The van der Waals surface area contributed by atoms with Crippen LogP contribution in [-0.4, -0.2) is 94.9 Å². The summed E-state index contributed by atoms with van der Waals surface area (Å²) in [6, 6.07) is 25.7. The summed E-state index contributed by atoms with van der Waals surface area (Å²) in [4.78, 5) is 79.4. The predicted molar refractivity (Wildman–Crippen MR) is 245 cm³/mol.